The van der Waals surface area contributed by atoms with Crippen molar-refractivity contribution in [1.29, 1.82) is 0 Å². The Kier molecular flexibility index (Phi) is 5.09. The van der Waals surface area contributed by atoms with Gasteiger partial charge in [-0.3, -0.25) is 4.79 Å². The summed E-state index contributed by atoms with van der Waals surface area (Å²) in [4.78, 5) is 22.2. The first-order valence-electron chi connectivity index (χ1n) is 7.21. The number of carbonyl (C=O) groups is 1. The van der Waals surface area contributed by atoms with E-state index in [0.717, 1.165) is 6.42 Å². The Morgan fingerprint density at radius 3 is 2.59 bits per heavy atom. The minimum absolute atomic E-state index is 0.0659. The van der Waals surface area contributed by atoms with Crippen LogP contribution in [0.4, 0.5) is 0 Å². The molecule has 0 saturated heterocycles. The van der Waals surface area contributed by atoms with E-state index in [1.54, 1.807) is 18.0 Å². The Morgan fingerprint density at radius 2 is 1.95 bits per heavy atom. The molecule has 1 amide bonds. The van der Waals surface area contributed by atoms with Crippen LogP contribution in [0, 0.1) is 6.92 Å². The molecule has 0 fully saturated rings. The van der Waals surface area contributed by atoms with Crippen LogP contribution in [0.1, 0.15) is 28.5 Å². The van der Waals surface area contributed by atoms with Crippen LogP contribution in [0.3, 0.4) is 0 Å². The lowest BCUT2D eigenvalue weighted by Gasteiger charge is -2.24. The molecule has 22 heavy (non-hydrogen) atoms. The minimum Gasteiger partial charge on any atom is -0.467 e. The van der Waals surface area contributed by atoms with E-state index in [1.165, 1.54) is 24.4 Å². The van der Waals surface area contributed by atoms with Gasteiger partial charge < -0.3 is 9.64 Å². The molecular weight excluding hydrogens is 278 g/mol. The van der Waals surface area contributed by atoms with Gasteiger partial charge in [0.1, 0.15) is 5.69 Å². The van der Waals surface area contributed by atoms with Gasteiger partial charge in [0.25, 0.3) is 5.91 Å². The van der Waals surface area contributed by atoms with Crippen molar-refractivity contribution in [3.8, 4) is 6.01 Å². The molecular formula is C17H21N3O2. The van der Waals surface area contributed by atoms with Gasteiger partial charge in [-0.05, 0) is 31.9 Å². The number of ether oxygens (including phenoxy) is 1. The van der Waals surface area contributed by atoms with Gasteiger partial charge in [0.05, 0.1) is 7.11 Å². The van der Waals surface area contributed by atoms with Crippen LogP contribution in [-0.4, -0.2) is 41.0 Å². The van der Waals surface area contributed by atoms with Crippen molar-refractivity contribution in [3.05, 3.63) is 53.3 Å². The molecule has 0 bridgehead atoms. The number of nitrogens with zero attached hydrogens (tertiary/aromatic N) is 3. The van der Waals surface area contributed by atoms with E-state index in [0.29, 0.717) is 5.69 Å². The normalized spacial score (nSPS) is 11.8. The van der Waals surface area contributed by atoms with Crippen LogP contribution < -0.4 is 4.74 Å². The van der Waals surface area contributed by atoms with Crippen molar-refractivity contribution in [3.63, 3.8) is 0 Å². The zero-order valence-corrected chi connectivity index (χ0v) is 13.4. The average Bonchev–Trinajstić information content (AvgIpc) is 2.55. The second-order valence-electron chi connectivity index (χ2n) is 5.38. The third kappa shape index (κ3) is 3.81. The Morgan fingerprint density at radius 1 is 1.27 bits per heavy atom. The van der Waals surface area contributed by atoms with Gasteiger partial charge in [-0.15, -0.1) is 0 Å². The highest BCUT2D eigenvalue weighted by Gasteiger charge is 2.19. The molecule has 1 heterocycles. The van der Waals surface area contributed by atoms with E-state index >= 15 is 0 Å². The second kappa shape index (κ2) is 7.02. The Labute approximate surface area is 131 Å². The number of hydrogen-bond donors (Lipinski definition) is 0. The van der Waals surface area contributed by atoms with Crippen molar-refractivity contribution in [1.82, 2.24) is 14.9 Å². The smallest absolute Gasteiger partial charge is 0.316 e. The topological polar surface area (TPSA) is 55.3 Å². The number of rotatable bonds is 5. The van der Waals surface area contributed by atoms with Crippen molar-refractivity contribution in [2.75, 3.05) is 14.2 Å². The van der Waals surface area contributed by atoms with Crippen LogP contribution in [0.15, 0.2) is 36.5 Å². The summed E-state index contributed by atoms with van der Waals surface area (Å²) in [5.74, 6) is -0.139. The van der Waals surface area contributed by atoms with E-state index in [4.69, 9.17) is 4.74 Å². The van der Waals surface area contributed by atoms with E-state index in [9.17, 15) is 4.79 Å². The Hall–Kier alpha value is -2.43. The fraction of sp³-hybridized carbons (Fsp3) is 0.353. The summed E-state index contributed by atoms with van der Waals surface area (Å²) in [7, 11) is 3.27. The number of methoxy groups -OCH3 is 1. The second-order valence-corrected chi connectivity index (χ2v) is 5.38. The maximum absolute atomic E-state index is 12.5. The maximum Gasteiger partial charge on any atom is 0.316 e. The standard InChI is InChI=1S/C17H21N3O2/c1-12-5-7-14(8-6-12)11-13(2)20(3)16(21)15-9-10-18-17(19-15)22-4/h5-10,13H,11H2,1-4H3. The first kappa shape index (κ1) is 15.9. The van der Waals surface area contributed by atoms with E-state index < -0.39 is 0 Å². The molecule has 116 valence electrons. The number of benzene rings is 1. The molecule has 0 radical (unpaired) electrons. The monoisotopic (exact) mass is 299 g/mol. The van der Waals surface area contributed by atoms with E-state index in [1.807, 2.05) is 6.92 Å². The Balaban J connectivity index is 2.07. The minimum atomic E-state index is -0.139. The number of hydrogen-bond acceptors (Lipinski definition) is 4. The van der Waals surface area contributed by atoms with Gasteiger partial charge in [0.15, 0.2) is 0 Å². The third-order valence-electron chi connectivity index (χ3n) is 3.67. The lowest BCUT2D eigenvalue weighted by Crippen LogP contribution is -2.37. The van der Waals surface area contributed by atoms with Gasteiger partial charge in [-0.2, -0.15) is 4.98 Å². The number of aromatic nitrogens is 2. The molecule has 2 rings (SSSR count). The van der Waals surface area contributed by atoms with Crippen molar-refractivity contribution in [2.45, 2.75) is 26.3 Å². The summed E-state index contributed by atoms with van der Waals surface area (Å²) in [5.41, 5.74) is 2.78. The quantitative estimate of drug-likeness (QED) is 0.851. The summed E-state index contributed by atoms with van der Waals surface area (Å²) in [6.07, 6.45) is 2.32. The van der Waals surface area contributed by atoms with Crippen LogP contribution in [-0.2, 0) is 6.42 Å². The highest BCUT2D eigenvalue weighted by Crippen LogP contribution is 2.12. The predicted octanol–water partition coefficient (Wildman–Crippen LogP) is 2.50. The van der Waals surface area contributed by atoms with Crippen LogP contribution in [0.2, 0.25) is 0 Å². The fourth-order valence-electron chi connectivity index (χ4n) is 2.14. The number of aryl methyl sites for hydroxylation is 1. The zero-order chi connectivity index (χ0) is 16.1. The molecule has 0 aliphatic carbocycles. The summed E-state index contributed by atoms with van der Waals surface area (Å²) in [5, 5.41) is 0. The SMILES string of the molecule is COc1nccc(C(=O)N(C)C(C)Cc2ccc(C)cc2)n1. The molecule has 1 aromatic carbocycles. The average molecular weight is 299 g/mol. The largest absolute Gasteiger partial charge is 0.467 e. The van der Waals surface area contributed by atoms with E-state index in [-0.39, 0.29) is 18.0 Å². The van der Waals surface area contributed by atoms with Gasteiger partial charge in [0, 0.05) is 19.3 Å². The fourth-order valence-corrected chi connectivity index (χ4v) is 2.14. The number of likely N-dealkylation sites (N-methyl/N-ethyl adjacent to an activating group) is 1. The molecule has 5 nitrogen and oxygen atoms in total. The molecule has 0 aliphatic heterocycles. The molecule has 0 N–H and O–H groups in total. The summed E-state index contributed by atoms with van der Waals surface area (Å²) in [6, 6.07) is 10.2. The van der Waals surface area contributed by atoms with Crippen LogP contribution >= 0.6 is 0 Å². The molecule has 1 unspecified atom stereocenters. The molecule has 5 heteroatoms. The van der Waals surface area contributed by atoms with Gasteiger partial charge >= 0.3 is 6.01 Å². The van der Waals surface area contributed by atoms with Crippen LogP contribution in [0.25, 0.3) is 0 Å². The number of amides is 1. The summed E-state index contributed by atoms with van der Waals surface area (Å²) in [6.45, 7) is 4.08. The molecule has 1 atom stereocenters. The third-order valence-corrected chi connectivity index (χ3v) is 3.67. The maximum atomic E-state index is 12.5. The Bertz CT molecular complexity index is 641. The summed E-state index contributed by atoms with van der Waals surface area (Å²) < 4.78 is 4.96. The lowest BCUT2D eigenvalue weighted by atomic mass is 10.0. The van der Waals surface area contributed by atoms with Gasteiger partial charge in [0.2, 0.25) is 0 Å². The molecule has 0 spiro atoms. The van der Waals surface area contributed by atoms with Gasteiger partial charge in [-0.1, -0.05) is 29.8 Å². The highest BCUT2D eigenvalue weighted by molar-refractivity contribution is 5.92. The first-order valence-corrected chi connectivity index (χ1v) is 7.21. The molecule has 0 aliphatic rings. The number of carbonyl (C=O) groups excluding carboxylic acids is 1. The van der Waals surface area contributed by atoms with Crippen molar-refractivity contribution in [2.24, 2.45) is 0 Å². The van der Waals surface area contributed by atoms with Crippen LogP contribution in [0.5, 0.6) is 6.01 Å². The molecule has 0 saturated carbocycles. The first-order chi connectivity index (χ1) is 10.5. The summed E-state index contributed by atoms with van der Waals surface area (Å²) >= 11 is 0. The van der Waals surface area contributed by atoms with Crippen molar-refractivity contribution < 1.29 is 9.53 Å². The molecule has 1 aromatic heterocycles. The zero-order valence-electron chi connectivity index (χ0n) is 13.4. The van der Waals surface area contributed by atoms with Crippen molar-refractivity contribution >= 4 is 5.91 Å². The van der Waals surface area contributed by atoms with Gasteiger partial charge in [-0.25, -0.2) is 4.98 Å². The molecule has 2 aromatic rings. The lowest BCUT2D eigenvalue weighted by molar-refractivity contribution is 0.0736. The predicted molar refractivity (Wildman–Crippen MR) is 85.0 cm³/mol. The highest BCUT2D eigenvalue weighted by atomic mass is 16.5. The van der Waals surface area contributed by atoms with E-state index in [2.05, 4.69) is 41.2 Å².